The van der Waals surface area contributed by atoms with E-state index in [2.05, 4.69) is 17.3 Å². The van der Waals surface area contributed by atoms with Crippen LogP contribution in [0.15, 0.2) is 24.3 Å². The highest BCUT2D eigenvalue weighted by Gasteiger charge is 2.30. The summed E-state index contributed by atoms with van der Waals surface area (Å²) in [5.74, 6) is 0.545. The lowest BCUT2D eigenvalue weighted by Gasteiger charge is -2.16. The molecular formula is C15H21F3N2O. The Morgan fingerprint density at radius 2 is 2.19 bits per heavy atom. The van der Waals surface area contributed by atoms with Gasteiger partial charge in [0.1, 0.15) is 0 Å². The van der Waals surface area contributed by atoms with Crippen molar-refractivity contribution < 1.29 is 18.3 Å². The lowest BCUT2D eigenvalue weighted by atomic mass is 10.1. The summed E-state index contributed by atoms with van der Waals surface area (Å²) in [6.45, 7) is 3.14. The maximum Gasteiger partial charge on any atom is 0.416 e. The molecule has 6 heteroatoms. The first-order valence-electron chi connectivity index (χ1n) is 7.10. The minimum Gasteiger partial charge on any atom is -0.387 e. The van der Waals surface area contributed by atoms with Gasteiger partial charge in [-0.25, -0.2) is 0 Å². The second kappa shape index (κ2) is 6.77. The van der Waals surface area contributed by atoms with Crippen LogP contribution >= 0.6 is 0 Å². The van der Waals surface area contributed by atoms with Crippen molar-refractivity contribution in [2.24, 2.45) is 5.92 Å². The Morgan fingerprint density at radius 1 is 1.43 bits per heavy atom. The Bertz CT molecular complexity index is 464. The molecule has 0 spiro atoms. The van der Waals surface area contributed by atoms with Crippen LogP contribution in [0.5, 0.6) is 0 Å². The van der Waals surface area contributed by atoms with Gasteiger partial charge in [0.25, 0.3) is 0 Å². The molecule has 0 aliphatic carbocycles. The van der Waals surface area contributed by atoms with Crippen LogP contribution in [0.3, 0.4) is 0 Å². The average Bonchev–Trinajstić information content (AvgIpc) is 2.83. The molecular weight excluding hydrogens is 281 g/mol. The Morgan fingerprint density at radius 3 is 2.81 bits per heavy atom. The number of alkyl halides is 3. The van der Waals surface area contributed by atoms with Crippen LogP contribution in [-0.4, -0.2) is 43.2 Å². The number of aliphatic hydroxyl groups is 1. The molecule has 3 nitrogen and oxygen atoms in total. The van der Waals surface area contributed by atoms with Crippen molar-refractivity contribution in [3.8, 4) is 0 Å². The molecule has 1 fully saturated rings. The van der Waals surface area contributed by atoms with Gasteiger partial charge >= 0.3 is 6.18 Å². The zero-order chi connectivity index (χ0) is 15.5. The standard InChI is InChI=1S/C15H21F3N2O/c1-20-6-5-11(10-20)8-19-9-14(21)12-3-2-4-13(7-12)15(16,17)18/h2-4,7,11,14,19,21H,5-6,8-10H2,1H3. The first kappa shape index (κ1) is 16.3. The molecule has 1 heterocycles. The smallest absolute Gasteiger partial charge is 0.387 e. The van der Waals surface area contributed by atoms with E-state index >= 15 is 0 Å². The molecule has 0 aromatic heterocycles. The maximum atomic E-state index is 12.6. The molecule has 0 radical (unpaired) electrons. The number of aliphatic hydroxyl groups excluding tert-OH is 1. The van der Waals surface area contributed by atoms with Gasteiger partial charge in [-0.1, -0.05) is 12.1 Å². The van der Waals surface area contributed by atoms with E-state index in [0.717, 1.165) is 38.2 Å². The summed E-state index contributed by atoms with van der Waals surface area (Å²) in [5.41, 5.74) is -0.433. The van der Waals surface area contributed by atoms with Crippen LogP contribution in [0.2, 0.25) is 0 Å². The number of rotatable bonds is 5. The fourth-order valence-electron chi connectivity index (χ4n) is 2.66. The molecule has 1 aliphatic rings. The van der Waals surface area contributed by atoms with Crippen LogP contribution in [0, 0.1) is 5.92 Å². The largest absolute Gasteiger partial charge is 0.416 e. The molecule has 2 atom stereocenters. The zero-order valence-electron chi connectivity index (χ0n) is 12.0. The van der Waals surface area contributed by atoms with Crippen molar-refractivity contribution in [3.05, 3.63) is 35.4 Å². The van der Waals surface area contributed by atoms with E-state index < -0.39 is 17.8 Å². The molecule has 2 unspecified atom stereocenters. The summed E-state index contributed by atoms with van der Waals surface area (Å²) in [6, 6.07) is 4.87. The molecule has 1 saturated heterocycles. The first-order valence-corrected chi connectivity index (χ1v) is 7.10. The Balaban J connectivity index is 1.84. The summed E-state index contributed by atoms with van der Waals surface area (Å²) < 4.78 is 37.9. The normalized spacial score (nSPS) is 21.7. The maximum absolute atomic E-state index is 12.6. The third kappa shape index (κ3) is 4.69. The second-order valence-corrected chi connectivity index (χ2v) is 5.71. The predicted octanol–water partition coefficient (Wildman–Crippen LogP) is 2.28. The van der Waals surface area contributed by atoms with E-state index in [4.69, 9.17) is 0 Å². The third-order valence-corrected chi connectivity index (χ3v) is 3.86. The molecule has 0 bridgehead atoms. The van der Waals surface area contributed by atoms with Gasteiger partial charge in [-0.15, -0.1) is 0 Å². The van der Waals surface area contributed by atoms with Gasteiger partial charge in [0.15, 0.2) is 0 Å². The fraction of sp³-hybridized carbons (Fsp3) is 0.600. The second-order valence-electron chi connectivity index (χ2n) is 5.71. The van der Waals surface area contributed by atoms with E-state index in [1.807, 2.05) is 0 Å². The molecule has 2 N–H and O–H groups in total. The molecule has 21 heavy (non-hydrogen) atoms. The lowest BCUT2D eigenvalue weighted by molar-refractivity contribution is -0.137. The van der Waals surface area contributed by atoms with Gasteiger partial charge in [0.05, 0.1) is 11.7 Å². The molecule has 0 saturated carbocycles. The van der Waals surface area contributed by atoms with E-state index in [-0.39, 0.29) is 6.54 Å². The molecule has 118 valence electrons. The number of nitrogens with zero attached hydrogens (tertiary/aromatic N) is 1. The number of hydrogen-bond acceptors (Lipinski definition) is 3. The number of nitrogens with one attached hydrogen (secondary N) is 1. The predicted molar refractivity (Wildman–Crippen MR) is 74.9 cm³/mol. The number of benzene rings is 1. The highest BCUT2D eigenvalue weighted by molar-refractivity contribution is 5.27. The molecule has 1 aromatic rings. The Labute approximate surface area is 122 Å². The third-order valence-electron chi connectivity index (χ3n) is 3.86. The van der Waals surface area contributed by atoms with E-state index in [1.165, 1.54) is 12.1 Å². The summed E-state index contributed by atoms with van der Waals surface area (Å²) in [4.78, 5) is 2.25. The molecule has 1 aliphatic heterocycles. The van der Waals surface area contributed by atoms with E-state index in [0.29, 0.717) is 11.5 Å². The first-order chi connectivity index (χ1) is 9.86. The Hall–Kier alpha value is -1.11. The minimum atomic E-state index is -4.38. The minimum absolute atomic E-state index is 0.265. The quantitative estimate of drug-likeness (QED) is 0.876. The van der Waals surface area contributed by atoms with Gasteiger partial charge < -0.3 is 15.3 Å². The van der Waals surface area contributed by atoms with Crippen LogP contribution < -0.4 is 5.32 Å². The zero-order valence-corrected chi connectivity index (χ0v) is 12.0. The van der Waals surface area contributed by atoms with Gasteiger partial charge in [-0.2, -0.15) is 13.2 Å². The van der Waals surface area contributed by atoms with Crippen molar-refractivity contribution in [1.29, 1.82) is 0 Å². The molecule has 0 amide bonds. The summed E-state index contributed by atoms with van der Waals surface area (Å²) in [6.07, 6.45) is -4.19. The van der Waals surface area contributed by atoms with Gasteiger partial charge in [0.2, 0.25) is 0 Å². The van der Waals surface area contributed by atoms with Gasteiger partial charge in [0, 0.05) is 13.1 Å². The van der Waals surface area contributed by atoms with Crippen molar-refractivity contribution in [2.75, 3.05) is 33.2 Å². The van der Waals surface area contributed by atoms with Crippen LogP contribution in [0.4, 0.5) is 13.2 Å². The lowest BCUT2D eigenvalue weighted by Crippen LogP contribution is -2.28. The van der Waals surface area contributed by atoms with Crippen LogP contribution in [-0.2, 0) is 6.18 Å². The molecule has 1 aromatic carbocycles. The number of likely N-dealkylation sites (tertiary alicyclic amines) is 1. The van der Waals surface area contributed by atoms with Crippen molar-refractivity contribution >= 4 is 0 Å². The Kier molecular flexibility index (Phi) is 5.24. The SMILES string of the molecule is CN1CCC(CNCC(O)c2cccc(C(F)(F)F)c2)C1. The summed E-state index contributed by atoms with van der Waals surface area (Å²) in [5, 5.41) is 13.1. The van der Waals surface area contributed by atoms with Crippen LogP contribution in [0.25, 0.3) is 0 Å². The highest BCUT2D eigenvalue weighted by atomic mass is 19.4. The van der Waals surface area contributed by atoms with Crippen molar-refractivity contribution in [3.63, 3.8) is 0 Å². The van der Waals surface area contributed by atoms with Gasteiger partial charge in [-0.05, 0) is 50.2 Å². The topological polar surface area (TPSA) is 35.5 Å². The number of halogens is 3. The average molecular weight is 302 g/mol. The fourth-order valence-corrected chi connectivity index (χ4v) is 2.66. The highest BCUT2D eigenvalue weighted by Crippen LogP contribution is 2.30. The van der Waals surface area contributed by atoms with E-state index in [9.17, 15) is 18.3 Å². The molecule has 2 rings (SSSR count). The van der Waals surface area contributed by atoms with Crippen molar-refractivity contribution in [1.82, 2.24) is 10.2 Å². The monoisotopic (exact) mass is 302 g/mol. The van der Waals surface area contributed by atoms with Crippen molar-refractivity contribution in [2.45, 2.75) is 18.7 Å². The van der Waals surface area contributed by atoms with E-state index in [1.54, 1.807) is 0 Å². The summed E-state index contributed by atoms with van der Waals surface area (Å²) in [7, 11) is 2.07. The summed E-state index contributed by atoms with van der Waals surface area (Å²) >= 11 is 0. The van der Waals surface area contributed by atoms with Gasteiger partial charge in [-0.3, -0.25) is 0 Å². The van der Waals surface area contributed by atoms with Crippen LogP contribution in [0.1, 0.15) is 23.7 Å². The number of hydrogen-bond donors (Lipinski definition) is 2.